The summed E-state index contributed by atoms with van der Waals surface area (Å²) in [6, 6.07) is 10.2. The number of aromatic carboxylic acids is 1. The SMILES string of the molecule is CC1=NO[C@H](C(=O)N2CCc3c(c(C(=O)O)nn3CCCc3ccccc3)C2)C1. The summed E-state index contributed by atoms with van der Waals surface area (Å²) in [6.45, 7) is 3.24. The van der Waals surface area contributed by atoms with E-state index in [0.717, 1.165) is 24.2 Å². The zero-order valence-corrected chi connectivity index (χ0v) is 16.4. The normalized spacial score (nSPS) is 18.2. The van der Waals surface area contributed by atoms with Gasteiger partial charge in [0.25, 0.3) is 5.91 Å². The number of amides is 1. The lowest BCUT2D eigenvalue weighted by molar-refractivity contribution is -0.143. The molecule has 0 spiro atoms. The molecule has 3 heterocycles. The highest BCUT2D eigenvalue weighted by Crippen LogP contribution is 2.25. The minimum absolute atomic E-state index is 0.0389. The van der Waals surface area contributed by atoms with Crippen LogP contribution in [-0.2, 0) is 35.6 Å². The first-order valence-corrected chi connectivity index (χ1v) is 9.87. The number of aromatic nitrogens is 2. The zero-order chi connectivity index (χ0) is 20.4. The number of oxime groups is 1. The summed E-state index contributed by atoms with van der Waals surface area (Å²) in [6.07, 6.45) is 2.23. The fourth-order valence-corrected chi connectivity index (χ4v) is 3.95. The second-order valence-electron chi connectivity index (χ2n) is 7.53. The molecule has 0 bridgehead atoms. The number of rotatable bonds is 6. The molecule has 1 aromatic heterocycles. The Bertz CT molecular complexity index is 951. The Kier molecular flexibility index (Phi) is 5.33. The van der Waals surface area contributed by atoms with Crippen molar-refractivity contribution in [3.63, 3.8) is 0 Å². The van der Waals surface area contributed by atoms with E-state index in [1.54, 1.807) is 4.90 Å². The van der Waals surface area contributed by atoms with Crippen molar-refractivity contribution in [2.45, 2.75) is 51.8 Å². The molecule has 0 unspecified atom stereocenters. The molecule has 1 N–H and O–H groups in total. The van der Waals surface area contributed by atoms with Gasteiger partial charge in [-0.05, 0) is 25.3 Å². The molecule has 2 aliphatic rings. The first-order valence-electron chi connectivity index (χ1n) is 9.87. The van der Waals surface area contributed by atoms with Crippen LogP contribution in [0.25, 0.3) is 0 Å². The number of carbonyl (C=O) groups excluding carboxylic acids is 1. The van der Waals surface area contributed by atoms with Crippen molar-refractivity contribution < 1.29 is 19.5 Å². The summed E-state index contributed by atoms with van der Waals surface area (Å²) in [7, 11) is 0. The Morgan fingerprint density at radius 1 is 1.28 bits per heavy atom. The molecule has 4 rings (SSSR count). The molecule has 8 heteroatoms. The number of carboxylic acids is 1. The Morgan fingerprint density at radius 2 is 2.07 bits per heavy atom. The molecule has 152 valence electrons. The van der Waals surface area contributed by atoms with E-state index in [0.29, 0.717) is 31.5 Å². The van der Waals surface area contributed by atoms with Crippen LogP contribution in [0.15, 0.2) is 35.5 Å². The summed E-state index contributed by atoms with van der Waals surface area (Å²) < 4.78 is 1.81. The Hall–Kier alpha value is -3.16. The van der Waals surface area contributed by atoms with Crippen LogP contribution in [0.3, 0.4) is 0 Å². The molecule has 0 saturated carbocycles. The summed E-state index contributed by atoms with van der Waals surface area (Å²) >= 11 is 0. The zero-order valence-electron chi connectivity index (χ0n) is 16.4. The van der Waals surface area contributed by atoms with Gasteiger partial charge in [0.1, 0.15) is 0 Å². The first-order chi connectivity index (χ1) is 14.0. The predicted octanol–water partition coefficient (Wildman–Crippen LogP) is 2.26. The van der Waals surface area contributed by atoms with Gasteiger partial charge >= 0.3 is 5.97 Å². The van der Waals surface area contributed by atoms with E-state index in [1.165, 1.54) is 5.56 Å². The van der Waals surface area contributed by atoms with Crippen LogP contribution in [0.1, 0.15) is 47.1 Å². The van der Waals surface area contributed by atoms with E-state index in [4.69, 9.17) is 4.84 Å². The molecular formula is C21H24N4O4. The Labute approximate surface area is 168 Å². The second-order valence-corrected chi connectivity index (χ2v) is 7.53. The Balaban J connectivity index is 1.47. The molecule has 0 saturated heterocycles. The third-order valence-electron chi connectivity index (χ3n) is 5.42. The molecule has 1 atom stereocenters. The maximum Gasteiger partial charge on any atom is 0.356 e. The van der Waals surface area contributed by atoms with Crippen molar-refractivity contribution >= 4 is 17.6 Å². The van der Waals surface area contributed by atoms with E-state index in [1.807, 2.05) is 29.8 Å². The van der Waals surface area contributed by atoms with E-state index in [-0.39, 0.29) is 18.1 Å². The van der Waals surface area contributed by atoms with Crippen LogP contribution in [0.2, 0.25) is 0 Å². The number of fused-ring (bicyclic) bond motifs is 1. The number of hydrogen-bond acceptors (Lipinski definition) is 5. The highest BCUT2D eigenvalue weighted by molar-refractivity contribution is 5.92. The lowest BCUT2D eigenvalue weighted by Gasteiger charge is -2.29. The van der Waals surface area contributed by atoms with Gasteiger partial charge in [0.2, 0.25) is 6.10 Å². The lowest BCUT2D eigenvalue weighted by atomic mass is 10.0. The van der Waals surface area contributed by atoms with Crippen LogP contribution in [0.4, 0.5) is 0 Å². The predicted molar refractivity (Wildman–Crippen MR) is 106 cm³/mol. The molecule has 2 aliphatic heterocycles. The minimum Gasteiger partial charge on any atom is -0.476 e. The summed E-state index contributed by atoms with van der Waals surface area (Å²) in [5.41, 5.74) is 3.63. The first kappa shape index (κ1) is 19.2. The van der Waals surface area contributed by atoms with Crippen molar-refractivity contribution in [1.82, 2.24) is 14.7 Å². The Morgan fingerprint density at radius 3 is 2.76 bits per heavy atom. The summed E-state index contributed by atoms with van der Waals surface area (Å²) in [4.78, 5) is 31.3. The molecule has 0 fully saturated rings. The van der Waals surface area contributed by atoms with Gasteiger partial charge in [0.15, 0.2) is 5.69 Å². The maximum atomic E-state index is 12.7. The van der Waals surface area contributed by atoms with Crippen LogP contribution in [0, 0.1) is 0 Å². The van der Waals surface area contributed by atoms with Gasteiger partial charge < -0.3 is 14.8 Å². The van der Waals surface area contributed by atoms with Crippen LogP contribution < -0.4 is 0 Å². The fourth-order valence-electron chi connectivity index (χ4n) is 3.95. The third-order valence-corrected chi connectivity index (χ3v) is 5.42. The van der Waals surface area contributed by atoms with Crippen LogP contribution in [0.5, 0.6) is 0 Å². The number of hydrogen-bond donors (Lipinski definition) is 1. The maximum absolute atomic E-state index is 12.7. The highest BCUT2D eigenvalue weighted by Gasteiger charge is 2.35. The molecular weight excluding hydrogens is 372 g/mol. The van der Waals surface area contributed by atoms with E-state index in [9.17, 15) is 14.7 Å². The number of aryl methyl sites for hydroxylation is 2. The topological polar surface area (TPSA) is 97.0 Å². The van der Waals surface area contributed by atoms with Gasteiger partial charge in [-0.3, -0.25) is 9.48 Å². The van der Waals surface area contributed by atoms with Gasteiger partial charge in [0.05, 0.1) is 12.3 Å². The van der Waals surface area contributed by atoms with E-state index in [2.05, 4.69) is 22.4 Å². The molecule has 1 amide bonds. The number of carbonyl (C=O) groups is 2. The standard InChI is InChI=1S/C21H24N4O4/c1-14-12-18(29-23-14)20(26)24-11-9-17-16(13-24)19(21(27)28)22-25(17)10-5-8-15-6-3-2-4-7-15/h2-4,6-7,18H,5,8-13H2,1H3,(H,27,28)/t18-/m0/s1. The van der Waals surface area contributed by atoms with Crippen LogP contribution >= 0.6 is 0 Å². The van der Waals surface area contributed by atoms with Crippen molar-refractivity contribution in [2.75, 3.05) is 6.54 Å². The van der Waals surface area contributed by atoms with Gasteiger partial charge in [-0.25, -0.2) is 4.79 Å². The number of benzene rings is 1. The molecule has 29 heavy (non-hydrogen) atoms. The monoisotopic (exact) mass is 396 g/mol. The van der Waals surface area contributed by atoms with Gasteiger partial charge in [-0.2, -0.15) is 5.10 Å². The van der Waals surface area contributed by atoms with Crippen molar-refractivity contribution in [3.8, 4) is 0 Å². The van der Waals surface area contributed by atoms with E-state index < -0.39 is 12.1 Å². The van der Waals surface area contributed by atoms with Crippen molar-refractivity contribution in [1.29, 1.82) is 0 Å². The van der Waals surface area contributed by atoms with E-state index >= 15 is 0 Å². The highest BCUT2D eigenvalue weighted by atomic mass is 16.6. The van der Waals surface area contributed by atoms with Gasteiger partial charge in [0, 0.05) is 37.2 Å². The number of carboxylic acid groups (broad SMARTS) is 1. The largest absolute Gasteiger partial charge is 0.476 e. The fraction of sp³-hybridized carbons (Fsp3) is 0.429. The lowest BCUT2D eigenvalue weighted by Crippen LogP contribution is -2.42. The summed E-state index contributed by atoms with van der Waals surface area (Å²) in [5.74, 6) is -1.21. The van der Waals surface area contributed by atoms with Crippen molar-refractivity contribution in [3.05, 3.63) is 52.8 Å². The average Bonchev–Trinajstić information content (AvgIpc) is 3.32. The van der Waals surface area contributed by atoms with Crippen LogP contribution in [-0.4, -0.2) is 50.0 Å². The van der Waals surface area contributed by atoms with Gasteiger partial charge in [-0.1, -0.05) is 35.5 Å². The minimum atomic E-state index is -1.06. The molecule has 8 nitrogen and oxygen atoms in total. The second kappa shape index (κ2) is 8.06. The van der Waals surface area contributed by atoms with Gasteiger partial charge in [-0.15, -0.1) is 0 Å². The number of nitrogens with zero attached hydrogens (tertiary/aromatic N) is 4. The third kappa shape index (κ3) is 4.01. The average molecular weight is 396 g/mol. The van der Waals surface area contributed by atoms with Crippen molar-refractivity contribution in [2.24, 2.45) is 5.16 Å². The molecule has 0 radical (unpaired) electrons. The quantitative estimate of drug-likeness (QED) is 0.808. The molecule has 0 aliphatic carbocycles. The molecule has 1 aromatic carbocycles. The summed E-state index contributed by atoms with van der Waals surface area (Å²) in [5, 5.41) is 17.8. The molecule has 2 aromatic rings. The smallest absolute Gasteiger partial charge is 0.356 e.